The van der Waals surface area contributed by atoms with Gasteiger partial charge in [0.1, 0.15) is 0 Å². The highest BCUT2D eigenvalue weighted by atomic mass is 16.5. The zero-order valence-corrected chi connectivity index (χ0v) is 13.6. The second-order valence-corrected chi connectivity index (χ2v) is 7.04. The SMILES string of the molecule is C[C@@H]1COCCN1c1ccc(NC(=O)[C@H]2C[C@H]3C=C[C@H]2C3)cc1. The average Bonchev–Trinajstić information content (AvgIpc) is 3.19. The molecule has 4 atom stereocenters. The van der Waals surface area contributed by atoms with E-state index < -0.39 is 0 Å². The van der Waals surface area contributed by atoms with Gasteiger partial charge in [-0.3, -0.25) is 4.79 Å². The highest BCUT2D eigenvalue weighted by Gasteiger charge is 2.39. The van der Waals surface area contributed by atoms with Crippen LogP contribution < -0.4 is 10.2 Å². The van der Waals surface area contributed by atoms with E-state index in [-0.39, 0.29) is 11.8 Å². The van der Waals surface area contributed by atoms with E-state index in [9.17, 15) is 4.79 Å². The summed E-state index contributed by atoms with van der Waals surface area (Å²) in [6.45, 7) is 4.65. The van der Waals surface area contributed by atoms with Crippen molar-refractivity contribution >= 4 is 17.3 Å². The van der Waals surface area contributed by atoms with Crippen molar-refractivity contribution in [1.29, 1.82) is 0 Å². The number of amides is 1. The van der Waals surface area contributed by atoms with Crippen LogP contribution >= 0.6 is 0 Å². The Hall–Kier alpha value is -1.81. The third-order valence-corrected chi connectivity index (χ3v) is 5.45. The Labute approximate surface area is 137 Å². The van der Waals surface area contributed by atoms with Crippen LogP contribution in [0, 0.1) is 17.8 Å². The van der Waals surface area contributed by atoms with E-state index in [1.807, 2.05) is 12.1 Å². The van der Waals surface area contributed by atoms with Crippen molar-refractivity contribution in [2.24, 2.45) is 17.8 Å². The molecule has 1 heterocycles. The number of nitrogens with zero attached hydrogens (tertiary/aromatic N) is 1. The number of benzene rings is 1. The number of nitrogens with one attached hydrogen (secondary N) is 1. The summed E-state index contributed by atoms with van der Waals surface area (Å²) < 4.78 is 5.49. The van der Waals surface area contributed by atoms with Gasteiger partial charge in [-0.1, -0.05) is 12.2 Å². The van der Waals surface area contributed by atoms with Crippen molar-refractivity contribution in [3.05, 3.63) is 36.4 Å². The van der Waals surface area contributed by atoms with E-state index in [1.165, 1.54) is 5.69 Å². The Morgan fingerprint density at radius 2 is 2.04 bits per heavy atom. The first-order valence-electron chi connectivity index (χ1n) is 8.64. The molecule has 4 nitrogen and oxygen atoms in total. The fourth-order valence-corrected chi connectivity index (χ4v) is 4.16. The lowest BCUT2D eigenvalue weighted by Crippen LogP contribution is -2.43. The normalized spacial score (nSPS) is 32.3. The van der Waals surface area contributed by atoms with Gasteiger partial charge in [0.2, 0.25) is 5.91 Å². The zero-order chi connectivity index (χ0) is 15.8. The smallest absolute Gasteiger partial charge is 0.228 e. The fraction of sp³-hybridized carbons (Fsp3) is 0.526. The monoisotopic (exact) mass is 312 g/mol. The third-order valence-electron chi connectivity index (χ3n) is 5.45. The number of rotatable bonds is 3. The van der Waals surface area contributed by atoms with Gasteiger partial charge in [-0.2, -0.15) is 0 Å². The number of allylic oxidation sites excluding steroid dienone is 2. The molecular weight excluding hydrogens is 288 g/mol. The maximum absolute atomic E-state index is 12.5. The number of carbonyl (C=O) groups excluding carboxylic acids is 1. The lowest BCUT2D eigenvalue weighted by atomic mass is 9.93. The number of anilines is 2. The molecule has 1 saturated carbocycles. The van der Waals surface area contributed by atoms with Crippen molar-refractivity contribution in [1.82, 2.24) is 0 Å². The summed E-state index contributed by atoms with van der Waals surface area (Å²) >= 11 is 0. The maximum Gasteiger partial charge on any atom is 0.228 e. The van der Waals surface area contributed by atoms with Crippen LogP contribution in [-0.4, -0.2) is 31.7 Å². The Bertz CT molecular complexity index is 610. The van der Waals surface area contributed by atoms with Gasteiger partial charge in [-0.05, 0) is 55.9 Å². The molecule has 0 radical (unpaired) electrons. The van der Waals surface area contributed by atoms with Gasteiger partial charge in [0.05, 0.1) is 13.2 Å². The summed E-state index contributed by atoms with van der Waals surface area (Å²) in [5, 5.41) is 3.09. The Morgan fingerprint density at radius 3 is 2.70 bits per heavy atom. The van der Waals surface area contributed by atoms with Crippen LogP contribution in [0.1, 0.15) is 19.8 Å². The molecule has 122 valence electrons. The zero-order valence-electron chi connectivity index (χ0n) is 13.6. The van der Waals surface area contributed by atoms with Crippen LogP contribution in [-0.2, 0) is 9.53 Å². The number of hydrogen-bond donors (Lipinski definition) is 1. The first kappa shape index (κ1) is 14.8. The number of hydrogen-bond acceptors (Lipinski definition) is 3. The van der Waals surface area contributed by atoms with Crippen LogP contribution in [0.4, 0.5) is 11.4 Å². The lowest BCUT2D eigenvalue weighted by Gasteiger charge is -2.35. The summed E-state index contributed by atoms with van der Waals surface area (Å²) in [6.07, 6.45) is 6.66. The number of ether oxygens (including phenoxy) is 1. The minimum absolute atomic E-state index is 0.156. The van der Waals surface area contributed by atoms with Crippen molar-refractivity contribution in [3.8, 4) is 0 Å². The standard InChI is InChI=1S/C19H24N2O2/c1-13-12-23-9-8-21(13)17-6-4-16(5-7-17)20-19(22)18-11-14-2-3-15(18)10-14/h2-7,13-15,18H,8-12H2,1H3,(H,20,22)/t13-,14+,15+,18+/m1/s1. The highest BCUT2D eigenvalue weighted by Crippen LogP contribution is 2.43. The van der Waals surface area contributed by atoms with Crippen LogP contribution in [0.15, 0.2) is 36.4 Å². The van der Waals surface area contributed by atoms with E-state index in [0.29, 0.717) is 17.9 Å². The molecule has 2 bridgehead atoms. The van der Waals surface area contributed by atoms with Crippen molar-refractivity contribution < 1.29 is 9.53 Å². The second kappa shape index (κ2) is 6.00. The molecule has 4 rings (SSSR count). The summed E-state index contributed by atoms with van der Waals surface area (Å²) in [5.41, 5.74) is 2.09. The summed E-state index contributed by atoms with van der Waals surface area (Å²) in [7, 11) is 0. The van der Waals surface area contributed by atoms with Crippen LogP contribution in [0.2, 0.25) is 0 Å². The van der Waals surface area contributed by atoms with Crippen LogP contribution in [0.5, 0.6) is 0 Å². The average molecular weight is 312 g/mol. The maximum atomic E-state index is 12.5. The molecule has 1 aromatic rings. The molecule has 1 aromatic carbocycles. The van der Waals surface area contributed by atoms with Crippen LogP contribution in [0.25, 0.3) is 0 Å². The Balaban J connectivity index is 1.40. The van der Waals surface area contributed by atoms with Crippen molar-refractivity contribution in [3.63, 3.8) is 0 Å². The fourth-order valence-electron chi connectivity index (χ4n) is 4.16. The molecule has 0 unspecified atom stereocenters. The quantitative estimate of drug-likeness (QED) is 0.872. The first-order valence-corrected chi connectivity index (χ1v) is 8.64. The number of carbonyl (C=O) groups is 1. The van der Waals surface area contributed by atoms with Crippen molar-refractivity contribution in [2.75, 3.05) is 30.0 Å². The summed E-state index contributed by atoms with van der Waals surface area (Å²) in [5.74, 6) is 1.41. The predicted octanol–water partition coefficient (Wildman–Crippen LogP) is 3.06. The summed E-state index contributed by atoms with van der Waals surface area (Å²) in [4.78, 5) is 14.8. The van der Waals surface area contributed by atoms with Gasteiger partial charge >= 0.3 is 0 Å². The van der Waals surface area contributed by atoms with Gasteiger partial charge < -0.3 is 15.0 Å². The molecule has 2 aliphatic carbocycles. The third kappa shape index (κ3) is 2.88. The van der Waals surface area contributed by atoms with Gasteiger partial charge in [-0.15, -0.1) is 0 Å². The molecule has 0 spiro atoms. The van der Waals surface area contributed by atoms with E-state index in [4.69, 9.17) is 4.74 Å². The van der Waals surface area contributed by atoms with Gasteiger partial charge in [-0.25, -0.2) is 0 Å². The molecule has 0 aromatic heterocycles. The minimum Gasteiger partial charge on any atom is -0.377 e. The molecule has 2 fully saturated rings. The molecule has 4 heteroatoms. The Kier molecular flexibility index (Phi) is 3.85. The van der Waals surface area contributed by atoms with Crippen LogP contribution in [0.3, 0.4) is 0 Å². The molecule has 23 heavy (non-hydrogen) atoms. The highest BCUT2D eigenvalue weighted by molar-refractivity contribution is 5.93. The number of morpholine rings is 1. The van der Waals surface area contributed by atoms with Gasteiger partial charge in [0, 0.05) is 29.9 Å². The van der Waals surface area contributed by atoms with E-state index in [2.05, 4.69) is 41.4 Å². The predicted molar refractivity (Wildman–Crippen MR) is 91.5 cm³/mol. The van der Waals surface area contributed by atoms with Gasteiger partial charge in [0.15, 0.2) is 0 Å². The molecule has 3 aliphatic rings. The largest absolute Gasteiger partial charge is 0.377 e. The number of fused-ring (bicyclic) bond motifs is 2. The van der Waals surface area contributed by atoms with Crippen molar-refractivity contribution in [2.45, 2.75) is 25.8 Å². The minimum atomic E-state index is 0.156. The topological polar surface area (TPSA) is 41.6 Å². The molecule has 1 amide bonds. The molecule has 1 saturated heterocycles. The first-order chi connectivity index (χ1) is 11.2. The Morgan fingerprint density at radius 1 is 1.22 bits per heavy atom. The molecular formula is C19H24N2O2. The van der Waals surface area contributed by atoms with E-state index >= 15 is 0 Å². The second-order valence-electron chi connectivity index (χ2n) is 7.04. The van der Waals surface area contributed by atoms with E-state index in [0.717, 1.165) is 38.3 Å². The molecule has 1 N–H and O–H groups in total. The lowest BCUT2D eigenvalue weighted by molar-refractivity contribution is -0.120. The van der Waals surface area contributed by atoms with Gasteiger partial charge in [0.25, 0.3) is 0 Å². The summed E-state index contributed by atoms with van der Waals surface area (Å²) in [6, 6.07) is 8.61. The van der Waals surface area contributed by atoms with E-state index in [1.54, 1.807) is 0 Å². The molecule has 1 aliphatic heterocycles.